The van der Waals surface area contributed by atoms with Crippen LogP contribution in [0.5, 0.6) is 5.75 Å². The van der Waals surface area contributed by atoms with Crippen molar-refractivity contribution in [2.24, 2.45) is 0 Å². The molecule has 0 N–H and O–H groups in total. The van der Waals surface area contributed by atoms with E-state index in [-0.39, 0.29) is 24.0 Å². The Labute approximate surface area is 163 Å². The number of carbonyl (C=O) groups excluding carboxylic acids is 2. The number of amides is 1. The normalized spacial score (nSPS) is 17.7. The maximum atomic E-state index is 12.9. The summed E-state index contributed by atoms with van der Waals surface area (Å²) in [7, 11) is -1.84. The van der Waals surface area contributed by atoms with Gasteiger partial charge in [0, 0.05) is 5.69 Å². The fourth-order valence-corrected chi connectivity index (χ4v) is 4.85. The van der Waals surface area contributed by atoms with Gasteiger partial charge in [-0.05, 0) is 42.8 Å². The molecule has 1 saturated heterocycles. The molecule has 0 radical (unpaired) electrons. The zero-order valence-electron chi connectivity index (χ0n) is 15.4. The van der Waals surface area contributed by atoms with Gasteiger partial charge in [0.1, 0.15) is 5.75 Å². The molecule has 1 aliphatic heterocycles. The lowest BCUT2D eigenvalue weighted by molar-refractivity contribution is -0.121. The Kier molecular flexibility index (Phi) is 5.99. The molecule has 0 saturated carbocycles. The van der Waals surface area contributed by atoms with Gasteiger partial charge in [0.2, 0.25) is 0 Å². The number of ether oxygens (including phenoxy) is 2. The molecule has 2 aromatic carbocycles. The van der Waals surface area contributed by atoms with Crippen LogP contribution in [-0.2, 0) is 19.4 Å². The van der Waals surface area contributed by atoms with E-state index >= 15 is 0 Å². The number of methoxy groups -OCH3 is 1. The molecule has 1 aliphatic rings. The molecule has 1 atom stereocenters. The van der Waals surface area contributed by atoms with Crippen molar-refractivity contribution in [2.75, 3.05) is 30.1 Å². The van der Waals surface area contributed by atoms with Crippen molar-refractivity contribution in [3.63, 3.8) is 0 Å². The predicted molar refractivity (Wildman–Crippen MR) is 104 cm³/mol. The van der Waals surface area contributed by atoms with Crippen LogP contribution in [-0.4, -0.2) is 51.6 Å². The van der Waals surface area contributed by atoms with E-state index in [1.807, 2.05) is 6.07 Å². The third-order valence-electron chi connectivity index (χ3n) is 4.51. The number of rotatable bonds is 6. The van der Waals surface area contributed by atoms with Crippen molar-refractivity contribution < 1.29 is 27.5 Å². The van der Waals surface area contributed by atoms with E-state index in [2.05, 4.69) is 4.74 Å². The van der Waals surface area contributed by atoms with Gasteiger partial charge in [-0.25, -0.2) is 13.2 Å². The molecule has 7 nitrogen and oxygen atoms in total. The lowest BCUT2D eigenvalue weighted by Crippen LogP contribution is -2.43. The number of nitrogens with zero attached hydrogens (tertiary/aromatic N) is 1. The first-order chi connectivity index (χ1) is 13.4. The van der Waals surface area contributed by atoms with Crippen molar-refractivity contribution in [1.29, 1.82) is 0 Å². The second-order valence-electron chi connectivity index (χ2n) is 6.46. The van der Waals surface area contributed by atoms with E-state index in [9.17, 15) is 18.0 Å². The van der Waals surface area contributed by atoms with Gasteiger partial charge in [0.05, 0.1) is 30.2 Å². The molecular weight excluding hydrogens is 382 g/mol. The Morgan fingerprint density at radius 3 is 2.32 bits per heavy atom. The van der Waals surface area contributed by atoms with E-state index in [1.165, 1.54) is 12.0 Å². The van der Waals surface area contributed by atoms with Crippen LogP contribution in [0.15, 0.2) is 54.6 Å². The number of carbonyl (C=O) groups is 2. The number of anilines is 1. The second kappa shape index (κ2) is 8.43. The quantitative estimate of drug-likeness (QED) is 0.686. The number of esters is 1. The van der Waals surface area contributed by atoms with Crippen LogP contribution in [0.2, 0.25) is 0 Å². The Morgan fingerprint density at radius 2 is 1.75 bits per heavy atom. The van der Waals surface area contributed by atoms with E-state index < -0.39 is 21.8 Å². The van der Waals surface area contributed by atoms with Crippen molar-refractivity contribution in [3.8, 4) is 5.75 Å². The molecule has 8 heteroatoms. The van der Waals surface area contributed by atoms with Gasteiger partial charge in [0.25, 0.3) is 5.91 Å². The zero-order valence-corrected chi connectivity index (χ0v) is 16.2. The van der Waals surface area contributed by atoms with Gasteiger partial charge in [-0.1, -0.05) is 18.2 Å². The molecule has 1 heterocycles. The lowest BCUT2D eigenvalue weighted by atomic mass is 10.2. The van der Waals surface area contributed by atoms with Crippen LogP contribution in [0, 0.1) is 0 Å². The summed E-state index contributed by atoms with van der Waals surface area (Å²) in [6, 6.07) is 14.8. The van der Waals surface area contributed by atoms with Crippen molar-refractivity contribution in [3.05, 3.63) is 60.2 Å². The van der Waals surface area contributed by atoms with Crippen LogP contribution in [0.25, 0.3) is 0 Å². The van der Waals surface area contributed by atoms with E-state index in [4.69, 9.17) is 4.74 Å². The fraction of sp³-hybridized carbons (Fsp3) is 0.300. The molecule has 3 rings (SSSR count). The van der Waals surface area contributed by atoms with Crippen LogP contribution in [0.4, 0.5) is 5.69 Å². The molecule has 0 aromatic heterocycles. The summed E-state index contributed by atoms with van der Waals surface area (Å²) in [6.45, 7) is -0.247. The van der Waals surface area contributed by atoms with Gasteiger partial charge < -0.3 is 14.4 Å². The predicted octanol–water partition coefficient (Wildman–Crippen LogP) is 2.07. The number of hydrogen-bond acceptors (Lipinski definition) is 6. The standard InChI is InChI=1S/C20H21NO6S/c1-26-20(23)15-7-9-18(10-8-15)27-13-19(22)21(16-5-3-2-4-6-16)17-11-12-28(24,25)14-17/h2-10,17H,11-14H2,1H3/t17-/m0/s1. The van der Waals surface area contributed by atoms with Crippen LogP contribution in [0.1, 0.15) is 16.8 Å². The SMILES string of the molecule is COC(=O)c1ccc(OCC(=O)N(c2ccccc2)[C@H]2CCS(=O)(=O)C2)cc1. The van der Waals surface area contributed by atoms with Crippen molar-refractivity contribution in [2.45, 2.75) is 12.5 Å². The highest BCUT2D eigenvalue weighted by atomic mass is 32.2. The van der Waals surface area contributed by atoms with E-state index in [0.717, 1.165) is 0 Å². The molecule has 0 aliphatic carbocycles. The summed E-state index contributed by atoms with van der Waals surface area (Å²) in [4.78, 5) is 25.8. The summed E-state index contributed by atoms with van der Waals surface area (Å²) in [6.07, 6.45) is 0.400. The average molecular weight is 403 g/mol. The van der Waals surface area contributed by atoms with Crippen molar-refractivity contribution in [1.82, 2.24) is 0 Å². The summed E-state index contributed by atoms with van der Waals surface area (Å²) in [5.41, 5.74) is 1.02. The van der Waals surface area contributed by atoms with Gasteiger partial charge in [-0.15, -0.1) is 0 Å². The lowest BCUT2D eigenvalue weighted by Gasteiger charge is -2.28. The largest absolute Gasteiger partial charge is 0.484 e. The minimum absolute atomic E-state index is 0.0541. The Bertz CT molecular complexity index is 940. The van der Waals surface area contributed by atoms with Gasteiger partial charge in [0.15, 0.2) is 16.4 Å². The summed E-state index contributed by atoms with van der Waals surface area (Å²) in [5.74, 6) is -0.343. The average Bonchev–Trinajstić information content (AvgIpc) is 3.06. The summed E-state index contributed by atoms with van der Waals surface area (Å²) in [5, 5.41) is 0. The Morgan fingerprint density at radius 1 is 1.07 bits per heavy atom. The van der Waals surface area contributed by atoms with E-state index in [0.29, 0.717) is 23.4 Å². The molecular formula is C20H21NO6S. The number of benzene rings is 2. The molecule has 1 amide bonds. The third kappa shape index (κ3) is 4.69. The topological polar surface area (TPSA) is 90.0 Å². The maximum Gasteiger partial charge on any atom is 0.337 e. The molecule has 2 aromatic rings. The van der Waals surface area contributed by atoms with Crippen LogP contribution < -0.4 is 9.64 Å². The fourth-order valence-electron chi connectivity index (χ4n) is 3.15. The minimum atomic E-state index is -3.14. The molecule has 0 bridgehead atoms. The first kappa shape index (κ1) is 19.9. The second-order valence-corrected chi connectivity index (χ2v) is 8.69. The van der Waals surface area contributed by atoms with Crippen molar-refractivity contribution >= 4 is 27.4 Å². The maximum absolute atomic E-state index is 12.9. The van der Waals surface area contributed by atoms with Gasteiger partial charge in [-0.3, -0.25) is 4.79 Å². The highest BCUT2D eigenvalue weighted by Crippen LogP contribution is 2.25. The monoisotopic (exact) mass is 403 g/mol. The van der Waals surface area contributed by atoms with Crippen LogP contribution in [0.3, 0.4) is 0 Å². The Balaban J connectivity index is 1.72. The molecule has 28 heavy (non-hydrogen) atoms. The summed E-state index contributed by atoms with van der Waals surface area (Å²) >= 11 is 0. The smallest absolute Gasteiger partial charge is 0.337 e. The van der Waals surface area contributed by atoms with Gasteiger partial charge >= 0.3 is 5.97 Å². The first-order valence-corrected chi connectivity index (χ1v) is 10.6. The molecule has 148 valence electrons. The van der Waals surface area contributed by atoms with Gasteiger partial charge in [-0.2, -0.15) is 0 Å². The highest BCUT2D eigenvalue weighted by molar-refractivity contribution is 7.91. The summed E-state index contributed by atoms with van der Waals surface area (Å²) < 4.78 is 34.0. The number of para-hydroxylation sites is 1. The third-order valence-corrected chi connectivity index (χ3v) is 6.26. The zero-order chi connectivity index (χ0) is 20.1. The highest BCUT2D eigenvalue weighted by Gasteiger charge is 2.35. The number of sulfone groups is 1. The first-order valence-electron chi connectivity index (χ1n) is 8.78. The molecule has 0 spiro atoms. The van der Waals surface area contributed by atoms with E-state index in [1.54, 1.807) is 48.5 Å². The number of hydrogen-bond donors (Lipinski definition) is 0. The Hall–Kier alpha value is -2.87. The molecule has 0 unspecified atom stereocenters. The van der Waals surface area contributed by atoms with Crippen LogP contribution >= 0.6 is 0 Å². The molecule has 1 fully saturated rings. The minimum Gasteiger partial charge on any atom is -0.484 e.